The number of methoxy groups -OCH3 is 1. The molecule has 0 aliphatic carbocycles. The average molecular weight is 640 g/mol. The lowest BCUT2D eigenvalue weighted by atomic mass is 10.0. The number of carbonyl (C=O) groups excluding carboxylic acids is 2. The van der Waals surface area contributed by atoms with Crippen LogP contribution < -0.4 is 4.74 Å². The first-order valence-corrected chi connectivity index (χ1v) is 15.6. The third-order valence-corrected chi connectivity index (χ3v) is 7.74. The van der Waals surface area contributed by atoms with Crippen molar-refractivity contribution in [2.75, 3.05) is 13.7 Å². The Morgan fingerprint density at radius 2 is 1.74 bits per heavy atom. The second kappa shape index (κ2) is 16.2. The van der Waals surface area contributed by atoms with Gasteiger partial charge in [0, 0.05) is 23.1 Å². The summed E-state index contributed by atoms with van der Waals surface area (Å²) in [7, 11) is 1.30. The van der Waals surface area contributed by atoms with Crippen LogP contribution in [0.3, 0.4) is 0 Å². The number of thiazole rings is 1. The van der Waals surface area contributed by atoms with Gasteiger partial charge in [-0.25, -0.2) is 14.2 Å². The number of hydrogen-bond donors (Lipinski definition) is 0. The fraction of sp³-hybridized carbons (Fsp3) is 0.484. The van der Waals surface area contributed by atoms with E-state index in [0.717, 1.165) is 49.0 Å². The Morgan fingerprint density at radius 3 is 2.43 bits per heavy atom. The molecule has 228 valence electrons. The van der Waals surface area contributed by atoms with Crippen LogP contribution >= 0.6 is 34.5 Å². The van der Waals surface area contributed by atoms with Gasteiger partial charge in [0.2, 0.25) is 0 Å². The molecule has 0 radical (unpaired) electrons. The molecule has 0 spiro atoms. The van der Waals surface area contributed by atoms with Gasteiger partial charge in [0.1, 0.15) is 22.9 Å². The van der Waals surface area contributed by atoms with E-state index in [0.29, 0.717) is 42.2 Å². The number of nitrogens with zero attached hydrogens (tertiary/aromatic N) is 2. The van der Waals surface area contributed by atoms with Crippen LogP contribution in [-0.4, -0.2) is 41.2 Å². The molecule has 0 fully saturated rings. The molecular formula is C31H37Cl2FN2O5S. The number of ether oxygens (including phenoxy) is 3. The maximum absolute atomic E-state index is 14.9. The van der Waals surface area contributed by atoms with Crippen LogP contribution in [0.2, 0.25) is 9.49 Å². The largest absolute Gasteiger partial charge is 0.492 e. The minimum atomic E-state index is -0.523. The molecule has 1 aromatic carbocycles. The molecule has 3 aromatic rings. The Bertz CT molecular complexity index is 1360. The molecule has 0 aliphatic heterocycles. The Labute approximate surface area is 260 Å². The number of aromatic nitrogens is 2. The molecule has 42 heavy (non-hydrogen) atoms. The van der Waals surface area contributed by atoms with Crippen LogP contribution in [0.1, 0.15) is 86.6 Å². The molecule has 0 aliphatic rings. The monoisotopic (exact) mass is 638 g/mol. The third kappa shape index (κ3) is 10.8. The van der Waals surface area contributed by atoms with Gasteiger partial charge in [0.05, 0.1) is 18.7 Å². The molecule has 0 atom stereocenters. The summed E-state index contributed by atoms with van der Waals surface area (Å²) in [6.07, 6.45) is 8.72. The number of halogens is 3. The molecule has 0 unspecified atom stereocenters. The van der Waals surface area contributed by atoms with Crippen molar-refractivity contribution in [1.29, 1.82) is 0 Å². The van der Waals surface area contributed by atoms with E-state index in [1.54, 1.807) is 24.4 Å². The minimum Gasteiger partial charge on any atom is -0.492 e. The first-order valence-electron chi connectivity index (χ1n) is 14.0. The number of pyridine rings is 1. The van der Waals surface area contributed by atoms with E-state index in [2.05, 4.69) is 9.97 Å². The van der Waals surface area contributed by atoms with E-state index in [9.17, 15) is 14.0 Å². The number of carbonyl (C=O) groups is 2. The lowest BCUT2D eigenvalue weighted by molar-refractivity contribution is -0.154. The maximum atomic E-state index is 14.9. The van der Waals surface area contributed by atoms with Crippen molar-refractivity contribution >= 4 is 46.5 Å². The lowest BCUT2D eigenvalue weighted by Gasteiger charge is -2.19. The Balaban J connectivity index is 1.42. The topological polar surface area (TPSA) is 87.6 Å². The average Bonchev–Trinajstić information content (AvgIpc) is 3.30. The van der Waals surface area contributed by atoms with Gasteiger partial charge in [-0.2, -0.15) is 0 Å². The van der Waals surface area contributed by atoms with Crippen molar-refractivity contribution in [3.05, 3.63) is 61.9 Å². The van der Waals surface area contributed by atoms with Gasteiger partial charge in [-0.05, 0) is 82.7 Å². The summed E-state index contributed by atoms with van der Waals surface area (Å²) in [5.74, 6) is -0.609. The quantitative estimate of drug-likeness (QED) is 0.121. The fourth-order valence-electron chi connectivity index (χ4n) is 4.28. The summed E-state index contributed by atoms with van der Waals surface area (Å²) in [6, 6.07) is 6.58. The van der Waals surface area contributed by atoms with Crippen LogP contribution in [0.15, 0.2) is 30.5 Å². The van der Waals surface area contributed by atoms with Crippen molar-refractivity contribution in [1.82, 2.24) is 9.97 Å². The van der Waals surface area contributed by atoms with Gasteiger partial charge < -0.3 is 14.2 Å². The van der Waals surface area contributed by atoms with Crippen LogP contribution in [0.4, 0.5) is 4.39 Å². The summed E-state index contributed by atoms with van der Waals surface area (Å²) >= 11 is 13.6. The summed E-state index contributed by atoms with van der Waals surface area (Å²) in [5.41, 5.74) is 1.41. The minimum absolute atomic E-state index is 0.154. The first kappa shape index (κ1) is 33.7. The van der Waals surface area contributed by atoms with Crippen molar-refractivity contribution in [3.8, 4) is 17.0 Å². The van der Waals surface area contributed by atoms with E-state index in [1.807, 2.05) is 20.8 Å². The van der Waals surface area contributed by atoms with Gasteiger partial charge >= 0.3 is 11.9 Å². The Kier molecular flexibility index (Phi) is 13.0. The molecule has 0 bridgehead atoms. The highest BCUT2D eigenvalue weighted by Gasteiger charge is 2.18. The zero-order valence-corrected chi connectivity index (χ0v) is 26.8. The molecule has 0 N–H and O–H groups in total. The predicted molar refractivity (Wildman–Crippen MR) is 164 cm³/mol. The molecule has 3 rings (SSSR count). The number of aryl methyl sites for hydroxylation is 2. The zero-order chi connectivity index (χ0) is 30.7. The number of esters is 2. The van der Waals surface area contributed by atoms with Gasteiger partial charge in [-0.15, -0.1) is 11.3 Å². The van der Waals surface area contributed by atoms with E-state index in [1.165, 1.54) is 24.5 Å². The van der Waals surface area contributed by atoms with E-state index in [-0.39, 0.29) is 21.8 Å². The summed E-state index contributed by atoms with van der Waals surface area (Å²) in [6.45, 7) is 5.95. The van der Waals surface area contributed by atoms with Crippen LogP contribution in [-0.2, 0) is 27.1 Å². The molecule has 2 heterocycles. The highest BCUT2D eigenvalue weighted by molar-refractivity contribution is 7.16. The second-order valence-corrected chi connectivity index (χ2v) is 12.9. The standard InChI is InChI=1S/C31H37Cl2FN2O5S/c1-31(2,3)41-26(37)13-9-7-5-6-8-11-20-17-23(34)27(35-19-20)21-14-15-24(22(32)18-21)40-16-10-12-25-28(29(38)39-4)36-30(33)42-25/h14-15,17-19H,5-13,16H2,1-4H3. The Hall–Kier alpha value is -2.75. The normalized spacial score (nSPS) is 11.4. The van der Waals surface area contributed by atoms with Gasteiger partial charge in [0.25, 0.3) is 0 Å². The predicted octanol–water partition coefficient (Wildman–Crippen LogP) is 8.67. The number of hydrogen-bond acceptors (Lipinski definition) is 8. The fourth-order valence-corrected chi connectivity index (χ4v) is 5.69. The van der Waals surface area contributed by atoms with E-state index in [4.69, 9.17) is 37.4 Å². The number of benzene rings is 1. The SMILES string of the molecule is COC(=O)c1nc(Cl)sc1CCCOc1ccc(-c2ncc(CCCCCCCC(=O)OC(C)(C)C)cc2F)cc1Cl. The van der Waals surface area contributed by atoms with E-state index >= 15 is 0 Å². The highest BCUT2D eigenvalue weighted by atomic mass is 35.5. The molecule has 7 nitrogen and oxygen atoms in total. The van der Waals surface area contributed by atoms with Crippen LogP contribution in [0, 0.1) is 5.82 Å². The smallest absolute Gasteiger partial charge is 0.357 e. The molecule has 0 amide bonds. The second-order valence-electron chi connectivity index (χ2n) is 10.9. The van der Waals surface area contributed by atoms with Crippen molar-refractivity contribution < 1.29 is 28.2 Å². The Morgan fingerprint density at radius 1 is 1.00 bits per heavy atom. The van der Waals surface area contributed by atoms with Gasteiger partial charge in [0.15, 0.2) is 10.2 Å². The van der Waals surface area contributed by atoms with Crippen molar-refractivity contribution in [3.63, 3.8) is 0 Å². The summed E-state index contributed by atoms with van der Waals surface area (Å²) in [4.78, 5) is 32.7. The summed E-state index contributed by atoms with van der Waals surface area (Å²) in [5, 5.41) is 0.348. The lowest BCUT2D eigenvalue weighted by Crippen LogP contribution is -2.23. The number of unbranched alkanes of at least 4 members (excludes halogenated alkanes) is 4. The maximum Gasteiger partial charge on any atom is 0.357 e. The number of rotatable bonds is 15. The van der Waals surface area contributed by atoms with Crippen LogP contribution in [0.25, 0.3) is 11.3 Å². The van der Waals surface area contributed by atoms with Crippen molar-refractivity contribution in [2.45, 2.75) is 84.2 Å². The van der Waals surface area contributed by atoms with Gasteiger partial charge in [-0.1, -0.05) is 42.5 Å². The molecule has 0 saturated heterocycles. The molecule has 0 saturated carbocycles. The van der Waals surface area contributed by atoms with Crippen molar-refractivity contribution in [2.24, 2.45) is 0 Å². The molecular weight excluding hydrogens is 602 g/mol. The zero-order valence-electron chi connectivity index (χ0n) is 24.4. The van der Waals surface area contributed by atoms with E-state index < -0.39 is 17.4 Å². The van der Waals surface area contributed by atoms with Crippen LogP contribution in [0.5, 0.6) is 5.75 Å². The third-order valence-electron chi connectivity index (χ3n) is 6.23. The first-order chi connectivity index (χ1) is 20.0. The molecule has 11 heteroatoms. The van der Waals surface area contributed by atoms with Gasteiger partial charge in [-0.3, -0.25) is 9.78 Å². The molecule has 2 aromatic heterocycles. The highest BCUT2D eigenvalue weighted by Crippen LogP contribution is 2.31. The summed E-state index contributed by atoms with van der Waals surface area (Å²) < 4.78 is 31.1.